The summed E-state index contributed by atoms with van der Waals surface area (Å²) in [5.41, 5.74) is 1.84. The molecule has 0 aliphatic rings. The van der Waals surface area contributed by atoms with Crippen molar-refractivity contribution in [3.8, 4) is 5.75 Å². The van der Waals surface area contributed by atoms with Crippen molar-refractivity contribution in [2.45, 2.75) is 6.92 Å². The zero-order valence-electron chi connectivity index (χ0n) is 14.6. The number of hydrogen-bond donors (Lipinski definition) is 2. The number of benzene rings is 2. The summed E-state index contributed by atoms with van der Waals surface area (Å²) in [6.07, 6.45) is 1.25. The molecule has 1 aromatic heterocycles. The van der Waals surface area contributed by atoms with Gasteiger partial charge in [-0.1, -0.05) is 17.7 Å². The first-order chi connectivity index (χ1) is 13.0. The van der Waals surface area contributed by atoms with Crippen LogP contribution in [0.4, 0.5) is 28.7 Å². The highest BCUT2D eigenvalue weighted by molar-refractivity contribution is 6.31. The van der Waals surface area contributed by atoms with Crippen LogP contribution in [-0.2, 0) is 0 Å². The van der Waals surface area contributed by atoms with E-state index in [0.29, 0.717) is 22.1 Å². The van der Waals surface area contributed by atoms with Crippen molar-refractivity contribution < 1.29 is 9.66 Å². The lowest BCUT2D eigenvalue weighted by molar-refractivity contribution is -0.383. The monoisotopic (exact) mass is 385 g/mol. The molecule has 3 rings (SSSR count). The molecule has 0 fully saturated rings. The Hall–Kier alpha value is -3.39. The van der Waals surface area contributed by atoms with Crippen LogP contribution in [-0.4, -0.2) is 22.0 Å². The fraction of sp³-hybridized carbons (Fsp3) is 0.111. The van der Waals surface area contributed by atoms with Gasteiger partial charge in [0, 0.05) is 16.4 Å². The van der Waals surface area contributed by atoms with Gasteiger partial charge in [0.05, 0.1) is 12.0 Å². The number of aryl methyl sites for hydroxylation is 1. The lowest BCUT2D eigenvalue weighted by Crippen LogP contribution is -2.05. The maximum Gasteiger partial charge on any atom is 0.353 e. The van der Waals surface area contributed by atoms with Crippen LogP contribution in [0.2, 0.25) is 5.02 Å². The van der Waals surface area contributed by atoms with Crippen molar-refractivity contribution >= 4 is 40.3 Å². The van der Waals surface area contributed by atoms with Gasteiger partial charge in [0.25, 0.3) is 0 Å². The molecular weight excluding hydrogens is 370 g/mol. The summed E-state index contributed by atoms with van der Waals surface area (Å²) in [7, 11) is 1.56. The molecule has 0 aliphatic heterocycles. The van der Waals surface area contributed by atoms with E-state index < -0.39 is 4.92 Å². The number of hydrogen-bond acceptors (Lipinski definition) is 7. The highest BCUT2D eigenvalue weighted by atomic mass is 35.5. The molecular formula is C18H16ClN5O3. The Labute approximate surface area is 160 Å². The Morgan fingerprint density at radius 3 is 2.19 bits per heavy atom. The minimum absolute atomic E-state index is 0.0610. The zero-order chi connectivity index (χ0) is 19.4. The number of halogens is 1. The first kappa shape index (κ1) is 18.4. The minimum Gasteiger partial charge on any atom is -0.497 e. The van der Waals surface area contributed by atoms with Gasteiger partial charge in [0.2, 0.25) is 11.6 Å². The van der Waals surface area contributed by atoms with Gasteiger partial charge in [0.1, 0.15) is 12.1 Å². The smallest absolute Gasteiger partial charge is 0.353 e. The van der Waals surface area contributed by atoms with E-state index in [9.17, 15) is 10.1 Å². The third kappa shape index (κ3) is 4.24. The van der Waals surface area contributed by atoms with E-state index in [2.05, 4.69) is 20.6 Å². The fourth-order valence-corrected chi connectivity index (χ4v) is 2.53. The van der Waals surface area contributed by atoms with E-state index >= 15 is 0 Å². The molecule has 27 heavy (non-hydrogen) atoms. The van der Waals surface area contributed by atoms with Crippen LogP contribution < -0.4 is 15.4 Å². The van der Waals surface area contributed by atoms with Crippen molar-refractivity contribution in [3.63, 3.8) is 0 Å². The molecule has 0 atom stereocenters. The van der Waals surface area contributed by atoms with E-state index in [4.69, 9.17) is 16.3 Å². The summed E-state index contributed by atoms with van der Waals surface area (Å²) in [6.45, 7) is 1.87. The lowest BCUT2D eigenvalue weighted by atomic mass is 10.2. The van der Waals surface area contributed by atoms with E-state index in [1.54, 1.807) is 43.5 Å². The fourth-order valence-electron chi connectivity index (χ4n) is 2.35. The molecule has 138 valence electrons. The molecule has 2 N–H and O–H groups in total. The number of rotatable bonds is 6. The molecule has 3 aromatic rings. The van der Waals surface area contributed by atoms with E-state index in [-0.39, 0.29) is 17.3 Å². The molecule has 0 saturated heterocycles. The quantitative estimate of drug-likeness (QED) is 0.462. The average molecular weight is 386 g/mol. The maximum atomic E-state index is 11.6. The van der Waals surface area contributed by atoms with E-state index in [1.807, 2.05) is 13.0 Å². The molecule has 8 nitrogen and oxygen atoms in total. The van der Waals surface area contributed by atoms with Crippen LogP contribution in [0.25, 0.3) is 0 Å². The largest absolute Gasteiger partial charge is 0.497 e. The normalized spacial score (nSPS) is 10.3. The van der Waals surface area contributed by atoms with Gasteiger partial charge >= 0.3 is 5.69 Å². The Morgan fingerprint density at radius 2 is 1.63 bits per heavy atom. The van der Waals surface area contributed by atoms with Crippen LogP contribution in [0.3, 0.4) is 0 Å². The van der Waals surface area contributed by atoms with Crippen molar-refractivity contribution in [3.05, 3.63) is 69.5 Å². The van der Waals surface area contributed by atoms with Crippen LogP contribution in [0.5, 0.6) is 5.75 Å². The van der Waals surface area contributed by atoms with E-state index in [1.165, 1.54) is 6.33 Å². The number of nitrogens with zero attached hydrogens (tertiary/aromatic N) is 3. The van der Waals surface area contributed by atoms with Crippen molar-refractivity contribution in [2.75, 3.05) is 17.7 Å². The molecule has 0 amide bonds. The summed E-state index contributed by atoms with van der Waals surface area (Å²) >= 11 is 6.12. The van der Waals surface area contributed by atoms with Gasteiger partial charge in [-0.2, -0.15) is 0 Å². The number of ether oxygens (including phenoxy) is 1. The van der Waals surface area contributed by atoms with Crippen LogP contribution in [0.15, 0.2) is 48.8 Å². The second kappa shape index (κ2) is 7.88. The second-order valence-corrected chi connectivity index (χ2v) is 6.03. The Kier molecular flexibility index (Phi) is 5.37. The topological polar surface area (TPSA) is 102 Å². The lowest BCUT2D eigenvalue weighted by Gasteiger charge is -2.11. The predicted molar refractivity (Wildman–Crippen MR) is 104 cm³/mol. The van der Waals surface area contributed by atoms with Crippen molar-refractivity contribution in [1.29, 1.82) is 0 Å². The van der Waals surface area contributed by atoms with E-state index in [0.717, 1.165) is 5.56 Å². The number of methoxy groups -OCH3 is 1. The summed E-state index contributed by atoms with van der Waals surface area (Å²) in [4.78, 5) is 19.1. The van der Waals surface area contributed by atoms with Gasteiger partial charge < -0.3 is 15.4 Å². The maximum absolute atomic E-state index is 11.6. The average Bonchev–Trinajstić information content (AvgIpc) is 2.65. The number of anilines is 4. The van der Waals surface area contributed by atoms with Crippen LogP contribution in [0, 0.1) is 17.0 Å². The molecule has 0 aliphatic carbocycles. The zero-order valence-corrected chi connectivity index (χ0v) is 15.3. The number of nitrogens with one attached hydrogen (secondary N) is 2. The molecule has 2 aromatic carbocycles. The highest BCUT2D eigenvalue weighted by Crippen LogP contribution is 2.34. The van der Waals surface area contributed by atoms with Crippen molar-refractivity contribution in [2.24, 2.45) is 0 Å². The van der Waals surface area contributed by atoms with Crippen LogP contribution in [0.1, 0.15) is 5.56 Å². The molecule has 1 heterocycles. The van der Waals surface area contributed by atoms with Gasteiger partial charge in [0.15, 0.2) is 0 Å². The Morgan fingerprint density at radius 1 is 1.04 bits per heavy atom. The molecule has 9 heteroatoms. The summed E-state index contributed by atoms with van der Waals surface area (Å²) in [6, 6.07) is 12.2. The van der Waals surface area contributed by atoms with Gasteiger partial charge in [-0.15, -0.1) is 0 Å². The molecule has 0 spiro atoms. The van der Waals surface area contributed by atoms with Crippen LogP contribution >= 0.6 is 11.6 Å². The summed E-state index contributed by atoms with van der Waals surface area (Å²) in [5.74, 6) is 0.808. The molecule has 0 saturated carbocycles. The summed E-state index contributed by atoms with van der Waals surface area (Å²) in [5, 5.41) is 18.1. The molecule has 0 bridgehead atoms. The molecule has 0 radical (unpaired) electrons. The highest BCUT2D eigenvalue weighted by Gasteiger charge is 2.23. The van der Waals surface area contributed by atoms with Crippen molar-refractivity contribution in [1.82, 2.24) is 9.97 Å². The minimum atomic E-state index is -0.538. The van der Waals surface area contributed by atoms with Gasteiger partial charge in [-0.3, -0.25) is 10.1 Å². The second-order valence-electron chi connectivity index (χ2n) is 5.62. The predicted octanol–water partition coefficient (Wildman–Crippen LogP) is 4.84. The summed E-state index contributed by atoms with van der Waals surface area (Å²) < 4.78 is 5.10. The standard InChI is InChI=1S/C18H16ClN5O3/c1-11-3-4-13(9-15(11)19)23-18-16(24(25)26)17(20-10-21-18)22-12-5-7-14(27-2)8-6-12/h3-10H,1-2H3,(H2,20,21,22,23). The Bertz CT molecular complexity index is 979. The van der Waals surface area contributed by atoms with Gasteiger partial charge in [-0.25, -0.2) is 9.97 Å². The number of nitro groups is 1. The first-order valence-electron chi connectivity index (χ1n) is 7.91. The first-order valence-corrected chi connectivity index (χ1v) is 8.29. The Balaban J connectivity index is 1.94. The molecule has 0 unspecified atom stereocenters. The number of aromatic nitrogens is 2. The third-order valence-electron chi connectivity index (χ3n) is 3.79. The van der Waals surface area contributed by atoms with Gasteiger partial charge in [-0.05, 0) is 48.9 Å². The SMILES string of the molecule is COc1ccc(Nc2ncnc(Nc3ccc(C)c(Cl)c3)c2[N+](=O)[O-])cc1. The third-order valence-corrected chi connectivity index (χ3v) is 4.20.